The van der Waals surface area contributed by atoms with Crippen LogP contribution in [0.25, 0.3) is 0 Å². The molecule has 0 heterocycles. The van der Waals surface area contributed by atoms with Gasteiger partial charge >= 0.3 is 0 Å². The quantitative estimate of drug-likeness (QED) is 0.349. The molecule has 1 aliphatic carbocycles. The average molecular weight is 425 g/mol. The Morgan fingerprint density at radius 3 is 2.40 bits per heavy atom. The average Bonchev–Trinajstić information content (AvgIpc) is 2.89. The van der Waals surface area contributed by atoms with Gasteiger partial charge < -0.3 is 9.16 Å². The van der Waals surface area contributed by atoms with Crippen molar-refractivity contribution < 1.29 is 9.16 Å². The van der Waals surface area contributed by atoms with Crippen molar-refractivity contribution in [1.29, 1.82) is 0 Å². The molecule has 1 aliphatic rings. The van der Waals surface area contributed by atoms with Gasteiger partial charge in [0, 0.05) is 0 Å². The van der Waals surface area contributed by atoms with Crippen molar-refractivity contribution in [2.45, 2.75) is 90.3 Å². The highest BCUT2D eigenvalue weighted by Crippen LogP contribution is 2.39. The normalized spacial score (nSPS) is 17.2. The molecular formula is C27H40O2Si. The first-order valence-corrected chi connectivity index (χ1v) is 14.5. The molecule has 2 aromatic rings. The number of fused-ring (bicyclic) bond motifs is 1. The summed E-state index contributed by atoms with van der Waals surface area (Å²) in [5, 5.41) is 0.217. The summed E-state index contributed by atoms with van der Waals surface area (Å²) in [7, 11) is -0.0473. The van der Waals surface area contributed by atoms with Crippen molar-refractivity contribution >= 4 is 8.32 Å². The first-order valence-electron chi connectivity index (χ1n) is 11.6. The molecule has 164 valence electrons. The second-order valence-corrected chi connectivity index (χ2v) is 15.1. The SMILES string of the molecule is CCCc1cc(OC)ccc1C1CCCc2cc(O[Si](C)(C)C(C)(C)C)ccc2C1. The molecule has 0 amide bonds. The first kappa shape index (κ1) is 22.9. The molecule has 2 nitrogen and oxygen atoms in total. The molecule has 30 heavy (non-hydrogen) atoms. The summed E-state index contributed by atoms with van der Waals surface area (Å²) in [6, 6.07) is 13.6. The van der Waals surface area contributed by atoms with Gasteiger partial charge in [-0.25, -0.2) is 0 Å². The molecule has 0 bridgehead atoms. The standard InChI is InChI=1S/C27H40O2Si/c1-8-10-22-19-24(28-5)15-16-26(22)23-12-9-11-20-18-25(14-13-21(20)17-23)29-30(6,7)27(2,3)4/h13-16,18-19,23H,8-12,17H2,1-7H3. The highest BCUT2D eigenvalue weighted by molar-refractivity contribution is 6.74. The highest BCUT2D eigenvalue weighted by atomic mass is 28.4. The molecule has 0 aromatic heterocycles. The van der Waals surface area contributed by atoms with Crippen LogP contribution in [0.4, 0.5) is 0 Å². The maximum absolute atomic E-state index is 6.59. The van der Waals surface area contributed by atoms with E-state index in [1.54, 1.807) is 7.11 Å². The molecular weight excluding hydrogens is 384 g/mol. The number of aryl methyl sites for hydroxylation is 2. The Hall–Kier alpha value is -1.74. The van der Waals surface area contributed by atoms with E-state index >= 15 is 0 Å². The molecule has 0 fully saturated rings. The molecule has 1 atom stereocenters. The van der Waals surface area contributed by atoms with Crippen LogP contribution in [0.2, 0.25) is 18.1 Å². The van der Waals surface area contributed by atoms with E-state index in [0.29, 0.717) is 5.92 Å². The second kappa shape index (κ2) is 9.17. The Labute approximate surface area is 185 Å². The van der Waals surface area contributed by atoms with E-state index in [-0.39, 0.29) is 5.04 Å². The fourth-order valence-corrected chi connectivity index (χ4v) is 5.33. The molecule has 0 radical (unpaired) electrons. The second-order valence-electron chi connectivity index (χ2n) is 10.4. The fourth-order valence-electron chi connectivity index (χ4n) is 4.31. The van der Waals surface area contributed by atoms with Crippen molar-refractivity contribution in [2.24, 2.45) is 0 Å². The third-order valence-electron chi connectivity index (χ3n) is 7.13. The molecule has 1 unspecified atom stereocenters. The lowest BCUT2D eigenvalue weighted by Crippen LogP contribution is -2.43. The summed E-state index contributed by atoms with van der Waals surface area (Å²) in [4.78, 5) is 0. The van der Waals surface area contributed by atoms with E-state index in [0.717, 1.165) is 37.2 Å². The summed E-state index contributed by atoms with van der Waals surface area (Å²) < 4.78 is 12.1. The fraction of sp³-hybridized carbons (Fsp3) is 0.556. The highest BCUT2D eigenvalue weighted by Gasteiger charge is 2.39. The van der Waals surface area contributed by atoms with Gasteiger partial charge in [0.05, 0.1) is 7.11 Å². The number of hydrogen-bond acceptors (Lipinski definition) is 2. The summed E-state index contributed by atoms with van der Waals surface area (Å²) in [5.74, 6) is 2.63. The van der Waals surface area contributed by atoms with Crippen LogP contribution < -0.4 is 9.16 Å². The first-order chi connectivity index (χ1) is 14.1. The molecule has 0 saturated heterocycles. The van der Waals surface area contributed by atoms with E-state index < -0.39 is 8.32 Å². The lowest BCUT2D eigenvalue weighted by molar-refractivity contribution is 0.413. The maximum Gasteiger partial charge on any atom is 0.250 e. The van der Waals surface area contributed by atoms with Crippen molar-refractivity contribution in [3.8, 4) is 11.5 Å². The van der Waals surface area contributed by atoms with Gasteiger partial charge in [-0.15, -0.1) is 0 Å². The monoisotopic (exact) mass is 424 g/mol. The lowest BCUT2D eigenvalue weighted by Gasteiger charge is -2.36. The van der Waals surface area contributed by atoms with Crippen LogP contribution in [0.15, 0.2) is 36.4 Å². The van der Waals surface area contributed by atoms with Crippen molar-refractivity contribution in [1.82, 2.24) is 0 Å². The molecule has 3 rings (SSSR count). The lowest BCUT2D eigenvalue weighted by atomic mass is 9.85. The van der Waals surface area contributed by atoms with Crippen molar-refractivity contribution in [3.63, 3.8) is 0 Å². The zero-order valence-corrected chi connectivity index (χ0v) is 21.1. The van der Waals surface area contributed by atoms with Gasteiger partial charge in [0.15, 0.2) is 0 Å². The third kappa shape index (κ3) is 5.11. The predicted octanol–water partition coefficient (Wildman–Crippen LogP) is 7.69. The largest absolute Gasteiger partial charge is 0.543 e. The van der Waals surface area contributed by atoms with Gasteiger partial charge in [0.1, 0.15) is 11.5 Å². The van der Waals surface area contributed by atoms with Crippen LogP contribution in [0.3, 0.4) is 0 Å². The molecule has 0 aliphatic heterocycles. The van der Waals surface area contributed by atoms with E-state index in [4.69, 9.17) is 9.16 Å². The Kier molecular flexibility index (Phi) is 7.01. The number of hydrogen-bond donors (Lipinski definition) is 0. The zero-order chi connectivity index (χ0) is 21.9. The Bertz CT molecular complexity index is 864. The number of ether oxygens (including phenoxy) is 1. The van der Waals surface area contributed by atoms with Gasteiger partial charge in [-0.3, -0.25) is 0 Å². The van der Waals surface area contributed by atoms with E-state index in [2.05, 4.69) is 77.2 Å². The van der Waals surface area contributed by atoms with Crippen LogP contribution in [-0.2, 0) is 19.3 Å². The van der Waals surface area contributed by atoms with E-state index in [1.807, 2.05) is 0 Å². The summed E-state index contributed by atoms with van der Waals surface area (Å²) in [6.45, 7) is 13.8. The van der Waals surface area contributed by atoms with Crippen LogP contribution >= 0.6 is 0 Å². The minimum atomic E-state index is -1.81. The smallest absolute Gasteiger partial charge is 0.250 e. The van der Waals surface area contributed by atoms with Crippen LogP contribution in [0.1, 0.15) is 75.1 Å². The minimum absolute atomic E-state index is 0.217. The minimum Gasteiger partial charge on any atom is -0.543 e. The van der Waals surface area contributed by atoms with Crippen LogP contribution in [-0.4, -0.2) is 15.4 Å². The Morgan fingerprint density at radius 1 is 1.00 bits per heavy atom. The van der Waals surface area contributed by atoms with Gasteiger partial charge in [-0.05, 0) is 103 Å². The molecule has 0 saturated carbocycles. The zero-order valence-electron chi connectivity index (χ0n) is 20.1. The molecule has 0 N–H and O–H groups in total. The van der Waals surface area contributed by atoms with E-state index in [1.165, 1.54) is 35.1 Å². The third-order valence-corrected chi connectivity index (χ3v) is 11.5. The molecule has 0 spiro atoms. The number of rotatable bonds is 6. The Morgan fingerprint density at radius 2 is 1.73 bits per heavy atom. The molecule has 3 heteroatoms. The van der Waals surface area contributed by atoms with Gasteiger partial charge in [0.2, 0.25) is 8.32 Å². The maximum atomic E-state index is 6.59. The van der Waals surface area contributed by atoms with Crippen molar-refractivity contribution in [3.05, 3.63) is 58.7 Å². The van der Waals surface area contributed by atoms with Gasteiger partial charge in [0.25, 0.3) is 0 Å². The van der Waals surface area contributed by atoms with Gasteiger partial charge in [-0.1, -0.05) is 46.2 Å². The number of methoxy groups -OCH3 is 1. The van der Waals surface area contributed by atoms with E-state index in [9.17, 15) is 0 Å². The topological polar surface area (TPSA) is 18.5 Å². The summed E-state index contributed by atoms with van der Waals surface area (Å²) >= 11 is 0. The number of benzene rings is 2. The molecule has 2 aromatic carbocycles. The summed E-state index contributed by atoms with van der Waals surface area (Å²) in [5.41, 5.74) is 5.97. The summed E-state index contributed by atoms with van der Waals surface area (Å²) in [6.07, 6.45) is 7.04. The van der Waals surface area contributed by atoms with Crippen molar-refractivity contribution in [2.75, 3.05) is 7.11 Å². The Balaban J connectivity index is 1.85. The van der Waals surface area contributed by atoms with Gasteiger partial charge in [-0.2, -0.15) is 0 Å². The van der Waals surface area contributed by atoms with Crippen LogP contribution in [0.5, 0.6) is 11.5 Å². The van der Waals surface area contributed by atoms with Crippen LogP contribution in [0, 0.1) is 0 Å². The predicted molar refractivity (Wildman–Crippen MR) is 131 cm³/mol.